The molecule has 0 fully saturated rings. The van der Waals surface area contributed by atoms with Gasteiger partial charge in [0, 0.05) is 5.02 Å². The number of rotatable bonds is 3. The topological polar surface area (TPSA) is 72.2 Å². The normalized spacial score (nSPS) is 12.6. The van der Waals surface area contributed by atoms with Crippen molar-refractivity contribution >= 4 is 32.4 Å². The van der Waals surface area contributed by atoms with Crippen LogP contribution in [-0.2, 0) is 10.0 Å². The Labute approximate surface area is 116 Å². The van der Waals surface area contributed by atoms with Crippen LogP contribution in [0.1, 0.15) is 6.92 Å². The molecule has 2 aromatic carbocycles. The molecular formula is C13H13ClN2O2S. The third kappa shape index (κ3) is 3.00. The highest BCUT2D eigenvalue weighted by Gasteiger charge is 2.14. The zero-order valence-electron chi connectivity index (χ0n) is 10.2. The first-order chi connectivity index (χ1) is 8.92. The molecule has 0 heterocycles. The molecule has 0 aromatic heterocycles. The lowest BCUT2D eigenvalue weighted by molar-refractivity contribution is 0.588. The van der Waals surface area contributed by atoms with Gasteiger partial charge in [0.25, 0.3) is 10.0 Å². The molecule has 19 heavy (non-hydrogen) atoms. The highest BCUT2D eigenvalue weighted by atomic mass is 35.5. The molecule has 4 nitrogen and oxygen atoms in total. The highest BCUT2D eigenvalue weighted by molar-refractivity contribution is 7.89. The third-order valence-corrected chi connectivity index (χ3v) is 4.26. The molecule has 0 aliphatic carbocycles. The summed E-state index contributed by atoms with van der Waals surface area (Å²) in [7, 11) is -3.65. The van der Waals surface area contributed by atoms with Crippen molar-refractivity contribution in [2.75, 3.05) is 0 Å². The van der Waals surface area contributed by atoms with E-state index in [4.69, 9.17) is 17.3 Å². The lowest BCUT2D eigenvalue weighted by Crippen LogP contribution is -2.27. The Bertz CT molecular complexity index is 754. The average molecular weight is 297 g/mol. The summed E-state index contributed by atoms with van der Waals surface area (Å²) in [4.78, 5) is 0.159. The maximum atomic E-state index is 12.1. The molecule has 0 aliphatic heterocycles. The van der Waals surface area contributed by atoms with Gasteiger partial charge in [-0.2, -0.15) is 0 Å². The molecular weight excluding hydrogens is 284 g/mol. The van der Waals surface area contributed by atoms with E-state index in [1.165, 1.54) is 12.1 Å². The van der Waals surface area contributed by atoms with Crippen molar-refractivity contribution in [3.8, 4) is 0 Å². The van der Waals surface area contributed by atoms with Crippen molar-refractivity contribution in [3.63, 3.8) is 0 Å². The molecule has 0 bridgehead atoms. The van der Waals surface area contributed by atoms with E-state index in [0.29, 0.717) is 5.02 Å². The number of allylic oxidation sites excluding steroid dienone is 1. The summed E-state index contributed by atoms with van der Waals surface area (Å²) >= 11 is 5.88. The van der Waals surface area contributed by atoms with Crippen LogP contribution in [0.4, 0.5) is 0 Å². The first-order valence-electron chi connectivity index (χ1n) is 5.56. The zero-order chi connectivity index (χ0) is 14.0. The van der Waals surface area contributed by atoms with Crippen LogP contribution in [0.25, 0.3) is 10.8 Å². The predicted molar refractivity (Wildman–Crippen MR) is 77.2 cm³/mol. The standard InChI is InChI=1S/C13H13ClN2O2S/c1-2-13(15)16-19(17,18)12-6-4-9-7-11(14)5-3-10(9)8-12/h2-8,16H,15H2,1H3. The zero-order valence-corrected chi connectivity index (χ0v) is 11.8. The van der Waals surface area contributed by atoms with Gasteiger partial charge in [0.2, 0.25) is 0 Å². The number of fused-ring (bicyclic) bond motifs is 1. The van der Waals surface area contributed by atoms with Crippen LogP contribution in [0.2, 0.25) is 5.02 Å². The van der Waals surface area contributed by atoms with Crippen LogP contribution in [0.3, 0.4) is 0 Å². The molecule has 0 spiro atoms. The molecule has 0 amide bonds. The lowest BCUT2D eigenvalue weighted by Gasteiger charge is -2.08. The smallest absolute Gasteiger partial charge is 0.262 e. The van der Waals surface area contributed by atoms with Crippen molar-refractivity contribution in [2.24, 2.45) is 5.73 Å². The number of nitrogens with one attached hydrogen (secondary N) is 1. The maximum Gasteiger partial charge on any atom is 0.262 e. The summed E-state index contributed by atoms with van der Waals surface area (Å²) in [5.74, 6) is 0.0937. The molecule has 0 saturated carbocycles. The van der Waals surface area contributed by atoms with Gasteiger partial charge < -0.3 is 5.73 Å². The van der Waals surface area contributed by atoms with E-state index in [1.54, 1.807) is 37.3 Å². The lowest BCUT2D eigenvalue weighted by atomic mass is 10.1. The summed E-state index contributed by atoms with van der Waals surface area (Å²) in [6.07, 6.45) is 1.48. The number of halogens is 1. The molecule has 3 N–H and O–H groups in total. The second-order valence-electron chi connectivity index (χ2n) is 4.00. The maximum absolute atomic E-state index is 12.1. The fraction of sp³-hybridized carbons (Fsp3) is 0.0769. The SMILES string of the molecule is CC=C(N)NS(=O)(=O)c1ccc2cc(Cl)ccc2c1. The van der Waals surface area contributed by atoms with Crippen LogP contribution in [0.15, 0.2) is 53.2 Å². The fourth-order valence-electron chi connectivity index (χ4n) is 1.63. The van der Waals surface area contributed by atoms with Gasteiger partial charge in [0.15, 0.2) is 0 Å². The summed E-state index contributed by atoms with van der Waals surface area (Å²) in [5.41, 5.74) is 5.48. The fourth-order valence-corrected chi connectivity index (χ4v) is 2.89. The van der Waals surface area contributed by atoms with Crippen LogP contribution in [-0.4, -0.2) is 8.42 Å². The van der Waals surface area contributed by atoms with Crippen molar-refractivity contribution < 1.29 is 8.42 Å². The Morgan fingerprint density at radius 3 is 2.53 bits per heavy atom. The van der Waals surface area contributed by atoms with Crippen molar-refractivity contribution in [3.05, 3.63) is 53.3 Å². The molecule has 0 atom stereocenters. The Hall–Kier alpha value is -1.72. The second kappa shape index (κ2) is 5.11. The monoisotopic (exact) mass is 296 g/mol. The van der Waals surface area contributed by atoms with Crippen LogP contribution in [0, 0.1) is 0 Å². The van der Waals surface area contributed by atoms with E-state index >= 15 is 0 Å². The minimum absolute atomic E-state index is 0.0937. The molecule has 6 heteroatoms. The molecule has 100 valence electrons. The first kappa shape index (κ1) is 13.7. The van der Waals surface area contributed by atoms with Gasteiger partial charge in [0.05, 0.1) is 4.90 Å². The number of nitrogens with two attached hydrogens (primary N) is 1. The van der Waals surface area contributed by atoms with Gasteiger partial charge in [-0.05, 0) is 48.0 Å². The minimum atomic E-state index is -3.65. The van der Waals surface area contributed by atoms with Crippen LogP contribution < -0.4 is 10.5 Å². The van der Waals surface area contributed by atoms with E-state index in [1.807, 2.05) is 0 Å². The Kier molecular flexibility index (Phi) is 3.68. The minimum Gasteiger partial charge on any atom is -0.385 e. The van der Waals surface area contributed by atoms with Gasteiger partial charge in [-0.1, -0.05) is 23.7 Å². The number of benzene rings is 2. The molecule has 2 rings (SSSR count). The van der Waals surface area contributed by atoms with E-state index < -0.39 is 10.0 Å². The third-order valence-electron chi connectivity index (χ3n) is 2.65. The van der Waals surface area contributed by atoms with Gasteiger partial charge in [-0.25, -0.2) is 8.42 Å². The Balaban J connectivity index is 2.49. The quantitative estimate of drug-likeness (QED) is 0.914. The van der Waals surface area contributed by atoms with Crippen LogP contribution >= 0.6 is 11.6 Å². The van der Waals surface area contributed by atoms with E-state index in [9.17, 15) is 8.42 Å². The van der Waals surface area contributed by atoms with Gasteiger partial charge in [0.1, 0.15) is 5.82 Å². The van der Waals surface area contributed by atoms with Crippen molar-refractivity contribution in [1.82, 2.24) is 4.72 Å². The summed E-state index contributed by atoms with van der Waals surface area (Å²) in [6.45, 7) is 1.65. The number of hydrogen-bond acceptors (Lipinski definition) is 3. The van der Waals surface area contributed by atoms with E-state index in [0.717, 1.165) is 10.8 Å². The molecule has 0 saturated heterocycles. The van der Waals surface area contributed by atoms with Gasteiger partial charge in [-0.15, -0.1) is 0 Å². The van der Waals surface area contributed by atoms with Crippen LogP contribution in [0.5, 0.6) is 0 Å². The van der Waals surface area contributed by atoms with Gasteiger partial charge >= 0.3 is 0 Å². The summed E-state index contributed by atoms with van der Waals surface area (Å²) < 4.78 is 26.4. The number of hydrogen-bond donors (Lipinski definition) is 2. The predicted octanol–water partition coefficient (Wildman–Crippen LogP) is 2.59. The number of sulfonamides is 1. The second-order valence-corrected chi connectivity index (χ2v) is 6.12. The van der Waals surface area contributed by atoms with Crippen molar-refractivity contribution in [1.29, 1.82) is 0 Å². The highest BCUT2D eigenvalue weighted by Crippen LogP contribution is 2.22. The van der Waals surface area contributed by atoms with E-state index in [2.05, 4.69) is 4.72 Å². The summed E-state index contributed by atoms with van der Waals surface area (Å²) in [5, 5.41) is 2.29. The van der Waals surface area contributed by atoms with E-state index in [-0.39, 0.29) is 10.7 Å². The molecule has 0 aliphatic rings. The van der Waals surface area contributed by atoms with Crippen molar-refractivity contribution in [2.45, 2.75) is 11.8 Å². The Morgan fingerprint density at radius 2 is 1.84 bits per heavy atom. The largest absolute Gasteiger partial charge is 0.385 e. The molecule has 2 aromatic rings. The summed E-state index contributed by atoms with van der Waals surface area (Å²) in [6, 6.07) is 10.1. The first-order valence-corrected chi connectivity index (χ1v) is 7.42. The van der Waals surface area contributed by atoms with Gasteiger partial charge in [-0.3, -0.25) is 4.72 Å². The molecule has 0 radical (unpaired) electrons. The average Bonchev–Trinajstić information content (AvgIpc) is 2.37. The Morgan fingerprint density at radius 1 is 1.21 bits per heavy atom. The molecule has 0 unspecified atom stereocenters.